The highest BCUT2D eigenvalue weighted by atomic mass is 19.1. The Labute approximate surface area is 107 Å². The molecular weight excluding hydrogens is 236 g/mol. The van der Waals surface area contributed by atoms with Crippen LogP contribution in [0.3, 0.4) is 0 Å². The van der Waals surface area contributed by atoms with Crippen LogP contribution in [0.1, 0.15) is 37.5 Å². The second-order valence-electron chi connectivity index (χ2n) is 5.10. The zero-order chi connectivity index (χ0) is 14.1. The quantitative estimate of drug-likeness (QED) is 0.896. The number of aryl methyl sites for hydroxylation is 1. The van der Waals surface area contributed by atoms with Gasteiger partial charge in [-0.2, -0.15) is 0 Å². The first-order valence-electron chi connectivity index (χ1n) is 6.05. The van der Waals surface area contributed by atoms with Crippen LogP contribution in [0.2, 0.25) is 0 Å². The highest BCUT2D eigenvalue weighted by Crippen LogP contribution is 2.35. The Morgan fingerprint density at radius 1 is 1.33 bits per heavy atom. The van der Waals surface area contributed by atoms with E-state index in [4.69, 9.17) is 0 Å². The van der Waals surface area contributed by atoms with Gasteiger partial charge in [-0.05, 0) is 46.0 Å². The van der Waals surface area contributed by atoms with Crippen molar-refractivity contribution >= 4 is 0 Å². The number of halogens is 2. The Hall–Kier alpha value is -1.00. The second kappa shape index (κ2) is 5.33. The van der Waals surface area contributed by atoms with E-state index in [1.807, 2.05) is 6.92 Å². The minimum Gasteiger partial charge on any atom is -0.386 e. The van der Waals surface area contributed by atoms with Gasteiger partial charge in [0.2, 0.25) is 0 Å². The van der Waals surface area contributed by atoms with Gasteiger partial charge >= 0.3 is 0 Å². The molecule has 0 aliphatic heterocycles. The Balaban J connectivity index is 3.34. The number of aliphatic hydroxyl groups excluding tert-OH is 1. The molecule has 2 atom stereocenters. The summed E-state index contributed by atoms with van der Waals surface area (Å²) in [6.07, 6.45) is -0.633. The van der Waals surface area contributed by atoms with Crippen LogP contribution in [-0.4, -0.2) is 29.6 Å². The summed E-state index contributed by atoms with van der Waals surface area (Å²) in [5.41, 5.74) is -0.620. The molecule has 0 heterocycles. The van der Waals surface area contributed by atoms with Crippen LogP contribution in [0.15, 0.2) is 12.1 Å². The van der Waals surface area contributed by atoms with Gasteiger partial charge < -0.3 is 10.0 Å². The highest BCUT2D eigenvalue weighted by Gasteiger charge is 2.37. The lowest BCUT2D eigenvalue weighted by Crippen LogP contribution is -2.46. The van der Waals surface area contributed by atoms with Crippen LogP contribution < -0.4 is 0 Å². The lowest BCUT2D eigenvalue weighted by molar-refractivity contribution is -0.00341. The molecule has 2 unspecified atom stereocenters. The molecule has 4 heteroatoms. The van der Waals surface area contributed by atoms with Gasteiger partial charge in [0, 0.05) is 5.54 Å². The summed E-state index contributed by atoms with van der Waals surface area (Å²) in [6.45, 7) is 5.23. The molecule has 0 spiro atoms. The number of likely N-dealkylation sites (N-methyl/N-ethyl adjacent to an activating group) is 1. The minimum absolute atomic E-state index is 0.243. The Morgan fingerprint density at radius 3 is 2.33 bits per heavy atom. The molecule has 0 fully saturated rings. The molecular formula is C14H21F2NO. The van der Waals surface area contributed by atoms with E-state index >= 15 is 0 Å². The Bertz CT molecular complexity index is 434. The van der Waals surface area contributed by atoms with Crippen LogP contribution in [0.5, 0.6) is 0 Å². The molecule has 2 nitrogen and oxygen atoms in total. The number of hydrogen-bond acceptors (Lipinski definition) is 2. The molecule has 0 aliphatic rings. The first-order valence-corrected chi connectivity index (χ1v) is 6.05. The maximum atomic E-state index is 14.0. The third kappa shape index (κ3) is 2.40. The maximum absolute atomic E-state index is 14.0. The molecule has 18 heavy (non-hydrogen) atoms. The van der Waals surface area contributed by atoms with Crippen LogP contribution in [0.4, 0.5) is 8.78 Å². The lowest BCUT2D eigenvalue weighted by Gasteiger charge is -2.40. The summed E-state index contributed by atoms with van der Waals surface area (Å²) < 4.78 is 27.8. The largest absolute Gasteiger partial charge is 0.386 e. The summed E-state index contributed by atoms with van der Waals surface area (Å²) in [5, 5.41) is 10.4. The van der Waals surface area contributed by atoms with Crippen molar-refractivity contribution in [1.82, 2.24) is 4.90 Å². The van der Waals surface area contributed by atoms with Gasteiger partial charge in [0.1, 0.15) is 17.7 Å². The van der Waals surface area contributed by atoms with Gasteiger partial charge in [-0.3, -0.25) is 0 Å². The number of rotatable bonds is 4. The van der Waals surface area contributed by atoms with Crippen molar-refractivity contribution in [2.45, 2.75) is 38.8 Å². The summed E-state index contributed by atoms with van der Waals surface area (Å²) in [6, 6.07) is 2.57. The molecule has 1 rings (SSSR count). The van der Waals surface area contributed by atoms with E-state index in [0.29, 0.717) is 12.0 Å². The molecule has 102 valence electrons. The molecule has 0 saturated carbocycles. The zero-order valence-corrected chi connectivity index (χ0v) is 11.6. The molecule has 1 aromatic rings. The number of hydrogen-bond donors (Lipinski definition) is 1. The van der Waals surface area contributed by atoms with Gasteiger partial charge in [0.15, 0.2) is 0 Å². The normalized spacial score (nSPS) is 16.7. The molecule has 0 saturated heterocycles. The predicted octanol–water partition coefficient (Wildman–Crippen LogP) is 3.04. The Morgan fingerprint density at radius 2 is 1.89 bits per heavy atom. The second-order valence-corrected chi connectivity index (χ2v) is 5.10. The number of nitrogens with zero attached hydrogens (tertiary/aromatic N) is 1. The van der Waals surface area contributed by atoms with Gasteiger partial charge in [0.25, 0.3) is 0 Å². The molecule has 1 aromatic carbocycles. The van der Waals surface area contributed by atoms with Crippen LogP contribution in [0, 0.1) is 18.6 Å². The Kier molecular flexibility index (Phi) is 4.46. The zero-order valence-electron chi connectivity index (χ0n) is 11.6. The fourth-order valence-electron chi connectivity index (χ4n) is 1.99. The third-order valence-electron chi connectivity index (χ3n) is 3.92. The maximum Gasteiger partial charge on any atom is 0.134 e. The topological polar surface area (TPSA) is 23.5 Å². The SMILES string of the molecule is CCC(C)(C(O)c1c(F)ccc(C)c1F)N(C)C. The third-order valence-corrected chi connectivity index (χ3v) is 3.92. The first-order chi connectivity index (χ1) is 8.25. The standard InChI is InChI=1S/C14H21F2NO/c1-6-14(3,17(4)5)13(18)11-10(15)8-7-9(2)12(11)16/h7-8,13,18H,6H2,1-5H3. The summed E-state index contributed by atoms with van der Waals surface area (Å²) in [7, 11) is 3.58. The first kappa shape index (κ1) is 15.1. The van der Waals surface area contributed by atoms with Crippen molar-refractivity contribution < 1.29 is 13.9 Å². The van der Waals surface area contributed by atoms with E-state index in [2.05, 4.69) is 0 Å². The average Bonchev–Trinajstić information content (AvgIpc) is 2.32. The van der Waals surface area contributed by atoms with E-state index in [1.165, 1.54) is 12.1 Å². The van der Waals surface area contributed by atoms with Crippen molar-refractivity contribution in [1.29, 1.82) is 0 Å². The predicted molar refractivity (Wildman–Crippen MR) is 68.4 cm³/mol. The van der Waals surface area contributed by atoms with Crippen molar-refractivity contribution in [3.8, 4) is 0 Å². The summed E-state index contributed by atoms with van der Waals surface area (Å²) in [4.78, 5) is 1.79. The smallest absolute Gasteiger partial charge is 0.134 e. The van der Waals surface area contributed by atoms with E-state index in [-0.39, 0.29) is 5.56 Å². The fraction of sp³-hybridized carbons (Fsp3) is 0.571. The average molecular weight is 257 g/mol. The number of aliphatic hydroxyl groups is 1. The van der Waals surface area contributed by atoms with Crippen LogP contribution in [-0.2, 0) is 0 Å². The molecule has 0 aromatic heterocycles. The van der Waals surface area contributed by atoms with E-state index in [9.17, 15) is 13.9 Å². The van der Waals surface area contributed by atoms with Crippen molar-refractivity contribution in [2.75, 3.05) is 14.1 Å². The van der Waals surface area contributed by atoms with Gasteiger partial charge in [0.05, 0.1) is 5.56 Å². The van der Waals surface area contributed by atoms with E-state index < -0.39 is 23.3 Å². The fourth-order valence-corrected chi connectivity index (χ4v) is 1.99. The van der Waals surface area contributed by atoms with Gasteiger partial charge in [-0.25, -0.2) is 8.78 Å². The van der Waals surface area contributed by atoms with E-state index in [0.717, 1.165) is 0 Å². The molecule has 0 radical (unpaired) electrons. The van der Waals surface area contributed by atoms with E-state index in [1.54, 1.807) is 32.8 Å². The number of benzene rings is 1. The highest BCUT2D eigenvalue weighted by molar-refractivity contribution is 5.30. The molecule has 1 N–H and O–H groups in total. The van der Waals surface area contributed by atoms with Gasteiger partial charge in [-0.1, -0.05) is 13.0 Å². The molecule has 0 amide bonds. The monoisotopic (exact) mass is 257 g/mol. The molecule has 0 aliphatic carbocycles. The summed E-state index contributed by atoms with van der Waals surface area (Å²) >= 11 is 0. The van der Waals surface area contributed by atoms with Crippen molar-refractivity contribution in [3.05, 3.63) is 34.9 Å². The minimum atomic E-state index is -1.21. The van der Waals surface area contributed by atoms with Crippen molar-refractivity contribution in [2.24, 2.45) is 0 Å². The van der Waals surface area contributed by atoms with Gasteiger partial charge in [-0.15, -0.1) is 0 Å². The van der Waals surface area contributed by atoms with Crippen LogP contribution in [0.25, 0.3) is 0 Å². The summed E-state index contributed by atoms with van der Waals surface area (Å²) in [5.74, 6) is -1.36. The van der Waals surface area contributed by atoms with Crippen LogP contribution >= 0.6 is 0 Å². The lowest BCUT2D eigenvalue weighted by atomic mass is 9.85. The molecule has 0 bridgehead atoms. The van der Waals surface area contributed by atoms with Crippen molar-refractivity contribution in [3.63, 3.8) is 0 Å².